The third-order valence-corrected chi connectivity index (χ3v) is 4.28. The van der Waals surface area contributed by atoms with Crippen LogP contribution < -0.4 is 11.1 Å². The molecule has 2 rings (SSSR count). The van der Waals surface area contributed by atoms with E-state index in [2.05, 4.69) is 12.2 Å². The highest BCUT2D eigenvalue weighted by atomic mass is 16.1. The molecule has 4 unspecified atom stereocenters. The van der Waals surface area contributed by atoms with Crippen LogP contribution in [0, 0.1) is 17.8 Å². The predicted molar refractivity (Wildman–Crippen MR) is 69.4 cm³/mol. The van der Waals surface area contributed by atoms with Crippen molar-refractivity contribution < 1.29 is 4.79 Å². The maximum absolute atomic E-state index is 11.9. The van der Waals surface area contributed by atoms with Crippen molar-refractivity contribution in [3.05, 3.63) is 12.2 Å². The molecule has 0 aromatic rings. The van der Waals surface area contributed by atoms with Gasteiger partial charge in [-0.25, -0.2) is 0 Å². The minimum Gasteiger partial charge on any atom is -0.355 e. The molecule has 0 saturated heterocycles. The lowest BCUT2D eigenvalue weighted by Crippen LogP contribution is -2.36. The van der Waals surface area contributed by atoms with E-state index in [-0.39, 0.29) is 17.9 Å². The summed E-state index contributed by atoms with van der Waals surface area (Å²) in [5.74, 6) is 1.59. The first kappa shape index (κ1) is 12.6. The smallest absolute Gasteiger partial charge is 0.227 e. The Hall–Kier alpha value is -0.830. The first-order chi connectivity index (χ1) is 8.16. The van der Waals surface area contributed by atoms with Gasteiger partial charge < -0.3 is 11.1 Å². The molecule has 0 bridgehead atoms. The molecule has 0 aromatic carbocycles. The highest BCUT2D eigenvalue weighted by Crippen LogP contribution is 2.29. The molecule has 3 nitrogen and oxygen atoms in total. The molecule has 0 spiro atoms. The molecule has 1 fully saturated rings. The van der Waals surface area contributed by atoms with E-state index in [9.17, 15) is 4.79 Å². The van der Waals surface area contributed by atoms with Crippen molar-refractivity contribution in [1.82, 2.24) is 5.32 Å². The van der Waals surface area contributed by atoms with Crippen molar-refractivity contribution in [2.75, 3.05) is 6.54 Å². The van der Waals surface area contributed by atoms with Gasteiger partial charge in [0.2, 0.25) is 5.91 Å². The molecule has 4 atom stereocenters. The van der Waals surface area contributed by atoms with Crippen LogP contribution in [0.2, 0.25) is 0 Å². The molecule has 0 radical (unpaired) electrons. The molecule has 0 aliphatic heterocycles. The molecular formula is C14H24N2O. The van der Waals surface area contributed by atoms with Crippen LogP contribution in [0.3, 0.4) is 0 Å². The van der Waals surface area contributed by atoms with Crippen LogP contribution >= 0.6 is 0 Å². The van der Waals surface area contributed by atoms with Crippen LogP contribution in [0.25, 0.3) is 0 Å². The highest BCUT2D eigenvalue weighted by Gasteiger charge is 2.25. The molecule has 1 amide bonds. The van der Waals surface area contributed by atoms with E-state index in [1.165, 1.54) is 25.7 Å². The number of carbonyl (C=O) groups excluding carboxylic acids is 1. The zero-order valence-corrected chi connectivity index (χ0v) is 10.7. The number of nitrogens with one attached hydrogen (secondary N) is 1. The second-order valence-corrected chi connectivity index (χ2v) is 5.66. The summed E-state index contributed by atoms with van der Waals surface area (Å²) < 4.78 is 0. The number of nitrogens with two attached hydrogens (primary N) is 1. The third kappa shape index (κ3) is 3.32. The Morgan fingerprint density at radius 2 is 2.12 bits per heavy atom. The zero-order chi connectivity index (χ0) is 12.3. The molecule has 1 saturated carbocycles. The molecule has 0 aromatic heterocycles. The lowest BCUT2D eigenvalue weighted by atomic mass is 9.80. The maximum Gasteiger partial charge on any atom is 0.227 e. The van der Waals surface area contributed by atoms with Gasteiger partial charge >= 0.3 is 0 Å². The van der Waals surface area contributed by atoms with Gasteiger partial charge in [0.1, 0.15) is 0 Å². The lowest BCUT2D eigenvalue weighted by Gasteiger charge is -2.29. The van der Waals surface area contributed by atoms with Crippen molar-refractivity contribution in [3.8, 4) is 0 Å². The summed E-state index contributed by atoms with van der Waals surface area (Å²) in [5, 5.41) is 3.10. The topological polar surface area (TPSA) is 55.1 Å². The van der Waals surface area contributed by atoms with Crippen LogP contribution in [-0.4, -0.2) is 18.5 Å². The van der Waals surface area contributed by atoms with E-state index >= 15 is 0 Å². The van der Waals surface area contributed by atoms with Gasteiger partial charge in [0, 0.05) is 12.6 Å². The largest absolute Gasteiger partial charge is 0.355 e. The second kappa shape index (κ2) is 5.67. The van der Waals surface area contributed by atoms with Crippen molar-refractivity contribution in [2.24, 2.45) is 23.5 Å². The number of carbonyl (C=O) groups is 1. The van der Waals surface area contributed by atoms with Gasteiger partial charge in [-0.2, -0.15) is 0 Å². The third-order valence-electron chi connectivity index (χ3n) is 4.28. The average Bonchev–Trinajstić information content (AvgIpc) is 2.74. The Labute approximate surface area is 104 Å². The van der Waals surface area contributed by atoms with Crippen LogP contribution in [-0.2, 0) is 4.79 Å². The average molecular weight is 236 g/mol. The molecular weight excluding hydrogens is 212 g/mol. The van der Waals surface area contributed by atoms with Crippen molar-refractivity contribution in [1.29, 1.82) is 0 Å². The summed E-state index contributed by atoms with van der Waals surface area (Å²) >= 11 is 0. The Bertz CT molecular complexity index is 301. The SMILES string of the molecule is CC1CCCCC1CNC(=O)C1C=CC(N)C1. The monoisotopic (exact) mass is 236 g/mol. The van der Waals surface area contributed by atoms with E-state index < -0.39 is 0 Å². The van der Waals surface area contributed by atoms with Gasteiger partial charge in [0.15, 0.2) is 0 Å². The minimum absolute atomic E-state index is 0.00361. The number of hydrogen-bond acceptors (Lipinski definition) is 2. The molecule has 0 heterocycles. The molecule has 2 aliphatic carbocycles. The fraction of sp³-hybridized carbons (Fsp3) is 0.786. The minimum atomic E-state index is 0.00361. The normalized spacial score (nSPS) is 37.1. The molecule has 17 heavy (non-hydrogen) atoms. The fourth-order valence-electron chi connectivity index (χ4n) is 2.98. The molecule has 3 heteroatoms. The Morgan fingerprint density at radius 3 is 2.76 bits per heavy atom. The summed E-state index contributed by atoms with van der Waals surface area (Å²) in [6.07, 6.45) is 9.91. The number of rotatable bonds is 3. The summed E-state index contributed by atoms with van der Waals surface area (Å²) in [6.45, 7) is 3.15. The first-order valence-electron chi connectivity index (χ1n) is 6.88. The maximum atomic E-state index is 11.9. The standard InChI is InChI=1S/C14H24N2O/c1-10-4-2-3-5-12(10)9-16-14(17)11-6-7-13(15)8-11/h6-7,10-13H,2-5,8-9,15H2,1H3,(H,16,17). The zero-order valence-electron chi connectivity index (χ0n) is 10.7. The molecule has 3 N–H and O–H groups in total. The van der Waals surface area contributed by atoms with Crippen molar-refractivity contribution in [3.63, 3.8) is 0 Å². The van der Waals surface area contributed by atoms with E-state index in [0.717, 1.165) is 18.9 Å². The van der Waals surface area contributed by atoms with Gasteiger partial charge in [-0.1, -0.05) is 38.3 Å². The van der Waals surface area contributed by atoms with Crippen LogP contribution in [0.1, 0.15) is 39.0 Å². The van der Waals surface area contributed by atoms with Crippen LogP contribution in [0.5, 0.6) is 0 Å². The van der Waals surface area contributed by atoms with E-state index in [1.807, 2.05) is 12.2 Å². The van der Waals surface area contributed by atoms with E-state index in [4.69, 9.17) is 5.73 Å². The summed E-state index contributed by atoms with van der Waals surface area (Å²) in [7, 11) is 0. The lowest BCUT2D eigenvalue weighted by molar-refractivity contribution is -0.123. The van der Waals surface area contributed by atoms with Gasteiger partial charge in [-0.15, -0.1) is 0 Å². The molecule has 2 aliphatic rings. The summed E-state index contributed by atoms with van der Waals surface area (Å²) in [4.78, 5) is 11.9. The van der Waals surface area contributed by atoms with Gasteiger partial charge in [0.25, 0.3) is 0 Å². The van der Waals surface area contributed by atoms with Crippen LogP contribution in [0.4, 0.5) is 0 Å². The fourth-order valence-corrected chi connectivity index (χ4v) is 2.98. The van der Waals surface area contributed by atoms with Gasteiger partial charge in [0.05, 0.1) is 5.92 Å². The number of hydrogen-bond donors (Lipinski definition) is 2. The van der Waals surface area contributed by atoms with E-state index in [1.54, 1.807) is 0 Å². The van der Waals surface area contributed by atoms with Gasteiger partial charge in [-0.05, 0) is 24.7 Å². The first-order valence-corrected chi connectivity index (χ1v) is 6.88. The molecule has 96 valence electrons. The van der Waals surface area contributed by atoms with Crippen LogP contribution in [0.15, 0.2) is 12.2 Å². The van der Waals surface area contributed by atoms with Gasteiger partial charge in [-0.3, -0.25) is 4.79 Å². The summed E-state index contributed by atoms with van der Waals surface area (Å²) in [6, 6.07) is 0.0688. The predicted octanol–water partition coefficient (Wildman–Crippen LogP) is 1.83. The Morgan fingerprint density at radius 1 is 1.35 bits per heavy atom. The van der Waals surface area contributed by atoms with Crippen molar-refractivity contribution >= 4 is 5.91 Å². The van der Waals surface area contributed by atoms with E-state index in [0.29, 0.717) is 5.92 Å². The second-order valence-electron chi connectivity index (χ2n) is 5.66. The van der Waals surface area contributed by atoms with Crippen molar-refractivity contribution in [2.45, 2.75) is 45.1 Å². The number of amides is 1. The Balaban J connectivity index is 1.74. The quantitative estimate of drug-likeness (QED) is 0.735. The summed E-state index contributed by atoms with van der Waals surface area (Å²) in [5.41, 5.74) is 5.76. The Kier molecular flexibility index (Phi) is 4.21. The highest BCUT2D eigenvalue weighted by molar-refractivity contribution is 5.81.